The second kappa shape index (κ2) is 6.98. The second-order valence-electron chi connectivity index (χ2n) is 6.98. The zero-order valence-electron chi connectivity index (χ0n) is 14.3. The number of pyridine rings is 1. The average molecular weight is 319 g/mol. The third-order valence-corrected chi connectivity index (χ3v) is 3.61. The normalized spacial score (nSPS) is 18.4. The minimum atomic E-state index is -0.530. The first-order valence-electron chi connectivity index (χ1n) is 7.96. The fourth-order valence-corrected chi connectivity index (χ4v) is 2.45. The SMILES string of the molecule is Cc1ccc(NC(=O)[C@H]2CCCN(C(=O)OC(C)(C)C)C2)nc1. The molecule has 23 heavy (non-hydrogen) atoms. The van der Waals surface area contributed by atoms with Crippen LogP contribution in [0.1, 0.15) is 39.2 Å². The second-order valence-corrected chi connectivity index (χ2v) is 6.98. The molecule has 1 saturated heterocycles. The number of carbonyl (C=O) groups is 2. The van der Waals surface area contributed by atoms with Gasteiger partial charge in [-0.2, -0.15) is 0 Å². The summed E-state index contributed by atoms with van der Waals surface area (Å²) in [6.07, 6.45) is 2.91. The molecule has 2 heterocycles. The Hall–Kier alpha value is -2.11. The van der Waals surface area contributed by atoms with Crippen LogP contribution in [0.5, 0.6) is 0 Å². The summed E-state index contributed by atoms with van der Waals surface area (Å²) in [5.41, 5.74) is 0.509. The van der Waals surface area contributed by atoms with Gasteiger partial charge in [-0.05, 0) is 52.2 Å². The Kier molecular flexibility index (Phi) is 5.23. The highest BCUT2D eigenvalue weighted by atomic mass is 16.6. The van der Waals surface area contributed by atoms with Crippen LogP contribution in [0.4, 0.5) is 10.6 Å². The van der Waals surface area contributed by atoms with E-state index < -0.39 is 5.60 Å². The number of nitrogens with zero attached hydrogens (tertiary/aromatic N) is 2. The molecular formula is C17H25N3O3. The highest BCUT2D eigenvalue weighted by molar-refractivity contribution is 5.92. The fraction of sp³-hybridized carbons (Fsp3) is 0.588. The monoisotopic (exact) mass is 319 g/mol. The lowest BCUT2D eigenvalue weighted by Crippen LogP contribution is -2.45. The predicted octanol–water partition coefficient (Wildman–Crippen LogP) is 2.98. The summed E-state index contributed by atoms with van der Waals surface area (Å²) in [6.45, 7) is 8.46. The van der Waals surface area contributed by atoms with Crippen molar-refractivity contribution in [3.05, 3.63) is 23.9 Å². The zero-order chi connectivity index (χ0) is 17.0. The van der Waals surface area contributed by atoms with E-state index in [0.717, 1.165) is 18.4 Å². The number of likely N-dealkylation sites (tertiary alicyclic amines) is 1. The van der Waals surface area contributed by atoms with Crippen molar-refractivity contribution in [2.45, 2.75) is 46.1 Å². The van der Waals surface area contributed by atoms with Gasteiger partial charge in [-0.25, -0.2) is 9.78 Å². The number of ether oxygens (including phenoxy) is 1. The van der Waals surface area contributed by atoms with Crippen LogP contribution in [0.3, 0.4) is 0 Å². The van der Waals surface area contributed by atoms with Crippen molar-refractivity contribution in [1.29, 1.82) is 0 Å². The van der Waals surface area contributed by atoms with Gasteiger partial charge in [0.05, 0.1) is 5.92 Å². The van der Waals surface area contributed by atoms with E-state index in [0.29, 0.717) is 18.9 Å². The number of hydrogen-bond donors (Lipinski definition) is 1. The van der Waals surface area contributed by atoms with E-state index in [2.05, 4.69) is 10.3 Å². The number of hydrogen-bond acceptors (Lipinski definition) is 4. The van der Waals surface area contributed by atoms with Gasteiger partial charge in [0.1, 0.15) is 11.4 Å². The summed E-state index contributed by atoms with van der Waals surface area (Å²) in [6, 6.07) is 3.68. The number of anilines is 1. The number of piperidine rings is 1. The predicted molar refractivity (Wildman–Crippen MR) is 88.1 cm³/mol. The van der Waals surface area contributed by atoms with E-state index in [1.54, 1.807) is 17.2 Å². The molecule has 1 aliphatic rings. The first-order valence-corrected chi connectivity index (χ1v) is 7.96. The van der Waals surface area contributed by atoms with Crippen LogP contribution in [0, 0.1) is 12.8 Å². The molecule has 1 fully saturated rings. The number of aryl methyl sites for hydroxylation is 1. The topological polar surface area (TPSA) is 71.5 Å². The summed E-state index contributed by atoms with van der Waals surface area (Å²) < 4.78 is 5.38. The van der Waals surface area contributed by atoms with Crippen molar-refractivity contribution in [3.8, 4) is 0 Å². The van der Waals surface area contributed by atoms with E-state index in [1.165, 1.54) is 0 Å². The van der Waals surface area contributed by atoms with Crippen molar-refractivity contribution in [1.82, 2.24) is 9.88 Å². The van der Waals surface area contributed by atoms with Gasteiger partial charge in [0.25, 0.3) is 0 Å². The average Bonchev–Trinajstić information content (AvgIpc) is 2.48. The molecule has 6 heteroatoms. The van der Waals surface area contributed by atoms with Gasteiger partial charge < -0.3 is 15.0 Å². The molecule has 1 aromatic heterocycles. The van der Waals surface area contributed by atoms with Gasteiger partial charge >= 0.3 is 6.09 Å². The van der Waals surface area contributed by atoms with Crippen molar-refractivity contribution in [3.63, 3.8) is 0 Å². The summed E-state index contributed by atoms with van der Waals surface area (Å²) in [5, 5.41) is 2.82. The minimum Gasteiger partial charge on any atom is -0.444 e. The molecule has 0 saturated carbocycles. The molecule has 126 valence electrons. The number of nitrogens with one attached hydrogen (secondary N) is 1. The highest BCUT2D eigenvalue weighted by Gasteiger charge is 2.31. The molecule has 0 aromatic carbocycles. The lowest BCUT2D eigenvalue weighted by Gasteiger charge is -2.33. The number of rotatable bonds is 2. The van der Waals surface area contributed by atoms with Crippen molar-refractivity contribution in [2.24, 2.45) is 5.92 Å². The molecular weight excluding hydrogens is 294 g/mol. The summed E-state index contributed by atoms with van der Waals surface area (Å²) in [7, 11) is 0. The molecule has 0 unspecified atom stereocenters. The van der Waals surface area contributed by atoms with Crippen molar-refractivity contribution < 1.29 is 14.3 Å². The third kappa shape index (κ3) is 5.23. The van der Waals surface area contributed by atoms with Crippen LogP contribution in [-0.2, 0) is 9.53 Å². The van der Waals surface area contributed by atoms with Gasteiger partial charge in [-0.3, -0.25) is 4.79 Å². The molecule has 1 N–H and O–H groups in total. The quantitative estimate of drug-likeness (QED) is 0.909. The molecule has 0 radical (unpaired) electrons. The van der Waals surface area contributed by atoms with Gasteiger partial charge in [0.2, 0.25) is 5.91 Å². The molecule has 0 bridgehead atoms. The molecule has 6 nitrogen and oxygen atoms in total. The Morgan fingerprint density at radius 3 is 2.70 bits per heavy atom. The Morgan fingerprint density at radius 2 is 2.09 bits per heavy atom. The Bertz CT molecular complexity index is 563. The van der Waals surface area contributed by atoms with E-state index in [-0.39, 0.29) is 17.9 Å². The van der Waals surface area contributed by atoms with E-state index in [9.17, 15) is 9.59 Å². The summed E-state index contributed by atoms with van der Waals surface area (Å²) in [5.74, 6) is 0.198. The first kappa shape index (κ1) is 17.2. The van der Waals surface area contributed by atoms with Crippen LogP contribution in [-0.4, -0.2) is 40.6 Å². The molecule has 2 rings (SSSR count). The first-order chi connectivity index (χ1) is 10.7. The summed E-state index contributed by atoms with van der Waals surface area (Å²) >= 11 is 0. The van der Waals surface area contributed by atoms with Crippen LogP contribution in [0.15, 0.2) is 18.3 Å². The zero-order valence-corrected chi connectivity index (χ0v) is 14.3. The van der Waals surface area contributed by atoms with Crippen LogP contribution < -0.4 is 5.32 Å². The number of aromatic nitrogens is 1. The van der Waals surface area contributed by atoms with Gasteiger partial charge in [-0.1, -0.05) is 6.07 Å². The number of carbonyl (C=O) groups excluding carboxylic acids is 2. The lowest BCUT2D eigenvalue weighted by molar-refractivity contribution is -0.121. The minimum absolute atomic E-state index is 0.102. The van der Waals surface area contributed by atoms with Gasteiger partial charge in [-0.15, -0.1) is 0 Å². The van der Waals surface area contributed by atoms with Crippen molar-refractivity contribution in [2.75, 3.05) is 18.4 Å². The Labute approximate surface area is 137 Å². The standard InChI is InChI=1S/C17H25N3O3/c1-12-7-8-14(18-10-12)19-15(21)13-6-5-9-20(11-13)16(22)23-17(2,3)4/h7-8,10,13H,5-6,9,11H2,1-4H3,(H,18,19,21)/t13-/m0/s1. The maximum Gasteiger partial charge on any atom is 0.410 e. The van der Waals surface area contributed by atoms with Crippen LogP contribution in [0.25, 0.3) is 0 Å². The van der Waals surface area contributed by atoms with Crippen LogP contribution >= 0.6 is 0 Å². The van der Waals surface area contributed by atoms with Crippen molar-refractivity contribution >= 4 is 17.8 Å². The maximum atomic E-state index is 12.4. The molecule has 1 atom stereocenters. The maximum absolute atomic E-state index is 12.4. The smallest absolute Gasteiger partial charge is 0.410 e. The van der Waals surface area contributed by atoms with Gasteiger partial charge in [0, 0.05) is 19.3 Å². The molecule has 0 aliphatic carbocycles. The van der Waals surface area contributed by atoms with E-state index in [1.807, 2.05) is 33.8 Å². The molecule has 1 aromatic rings. The highest BCUT2D eigenvalue weighted by Crippen LogP contribution is 2.20. The Balaban J connectivity index is 1.93. The summed E-state index contributed by atoms with van der Waals surface area (Å²) in [4.78, 5) is 30.3. The lowest BCUT2D eigenvalue weighted by atomic mass is 9.97. The number of amides is 2. The molecule has 2 amide bonds. The van der Waals surface area contributed by atoms with E-state index >= 15 is 0 Å². The largest absolute Gasteiger partial charge is 0.444 e. The van der Waals surface area contributed by atoms with Crippen LogP contribution in [0.2, 0.25) is 0 Å². The fourth-order valence-electron chi connectivity index (χ4n) is 2.45. The van der Waals surface area contributed by atoms with Gasteiger partial charge in [0.15, 0.2) is 0 Å². The molecule has 1 aliphatic heterocycles. The Morgan fingerprint density at radius 1 is 1.35 bits per heavy atom. The van der Waals surface area contributed by atoms with E-state index in [4.69, 9.17) is 4.74 Å². The third-order valence-electron chi connectivity index (χ3n) is 3.61. The molecule has 0 spiro atoms.